The number of halogens is 1. The van der Waals surface area contributed by atoms with Crippen molar-refractivity contribution in [1.82, 2.24) is 20.4 Å². The van der Waals surface area contributed by atoms with Gasteiger partial charge in [-0.25, -0.2) is 0 Å². The van der Waals surface area contributed by atoms with Crippen LogP contribution < -0.4 is 10.6 Å². The van der Waals surface area contributed by atoms with Gasteiger partial charge in [-0.15, -0.1) is 24.0 Å². The Morgan fingerprint density at radius 3 is 2.67 bits per heavy atom. The van der Waals surface area contributed by atoms with Crippen molar-refractivity contribution in [2.75, 3.05) is 40.8 Å². The molecular formula is C20H34IN5O. The van der Waals surface area contributed by atoms with Gasteiger partial charge >= 0.3 is 0 Å². The Balaban J connectivity index is 0.00000364. The Morgan fingerprint density at radius 2 is 2.04 bits per heavy atom. The quantitative estimate of drug-likeness (QED) is 0.269. The number of hydrogen-bond donors (Lipinski definition) is 2. The SMILES string of the molecule is CN=C(NCCCN1CCCC1C(=O)N(C)C)NC(C)c1ccccc1.I. The van der Waals surface area contributed by atoms with Crippen molar-refractivity contribution in [1.29, 1.82) is 0 Å². The summed E-state index contributed by atoms with van der Waals surface area (Å²) in [6, 6.07) is 10.6. The molecule has 7 heteroatoms. The van der Waals surface area contributed by atoms with Crippen molar-refractivity contribution in [3.63, 3.8) is 0 Å². The largest absolute Gasteiger partial charge is 0.356 e. The van der Waals surface area contributed by atoms with Crippen LogP contribution in [0.4, 0.5) is 0 Å². The molecule has 2 atom stereocenters. The second-order valence-corrected chi connectivity index (χ2v) is 7.06. The minimum atomic E-state index is 0. The van der Waals surface area contributed by atoms with E-state index in [-0.39, 0.29) is 42.0 Å². The second kappa shape index (κ2) is 12.2. The first-order chi connectivity index (χ1) is 12.5. The number of benzene rings is 1. The van der Waals surface area contributed by atoms with Crippen molar-refractivity contribution in [3.05, 3.63) is 35.9 Å². The lowest BCUT2D eigenvalue weighted by atomic mass is 10.1. The molecule has 2 rings (SSSR count). The molecule has 0 aromatic heterocycles. The van der Waals surface area contributed by atoms with E-state index in [1.165, 1.54) is 5.56 Å². The van der Waals surface area contributed by atoms with E-state index in [2.05, 4.69) is 39.6 Å². The summed E-state index contributed by atoms with van der Waals surface area (Å²) in [7, 11) is 5.47. The number of likely N-dealkylation sites (N-methyl/N-ethyl adjacent to an activating group) is 1. The van der Waals surface area contributed by atoms with E-state index in [0.29, 0.717) is 0 Å². The van der Waals surface area contributed by atoms with Gasteiger partial charge in [-0.1, -0.05) is 30.3 Å². The number of likely N-dealkylation sites (tertiary alicyclic amines) is 1. The average molecular weight is 487 g/mol. The second-order valence-electron chi connectivity index (χ2n) is 7.06. The predicted molar refractivity (Wildman–Crippen MR) is 123 cm³/mol. The number of aliphatic imine (C=N–C) groups is 1. The molecule has 0 bridgehead atoms. The molecule has 1 saturated heterocycles. The van der Waals surface area contributed by atoms with Crippen molar-refractivity contribution >= 4 is 35.8 Å². The van der Waals surface area contributed by atoms with Crippen LogP contribution >= 0.6 is 24.0 Å². The van der Waals surface area contributed by atoms with Crippen LogP contribution in [0.3, 0.4) is 0 Å². The highest BCUT2D eigenvalue weighted by Gasteiger charge is 2.30. The van der Waals surface area contributed by atoms with Gasteiger partial charge in [-0.05, 0) is 38.3 Å². The van der Waals surface area contributed by atoms with Gasteiger partial charge in [0.25, 0.3) is 0 Å². The molecular weight excluding hydrogens is 453 g/mol. The normalized spacial score (nSPS) is 18.5. The van der Waals surface area contributed by atoms with Crippen molar-refractivity contribution in [3.8, 4) is 0 Å². The van der Waals surface area contributed by atoms with Crippen LogP contribution in [0.2, 0.25) is 0 Å². The minimum Gasteiger partial charge on any atom is -0.356 e. The van der Waals surface area contributed by atoms with Gasteiger partial charge in [0.1, 0.15) is 0 Å². The molecule has 2 N–H and O–H groups in total. The summed E-state index contributed by atoms with van der Waals surface area (Å²) in [6.45, 7) is 4.91. The molecule has 1 aliphatic heterocycles. The lowest BCUT2D eigenvalue weighted by Gasteiger charge is -2.26. The fraction of sp³-hybridized carbons (Fsp3) is 0.600. The topological polar surface area (TPSA) is 60.0 Å². The summed E-state index contributed by atoms with van der Waals surface area (Å²) in [5, 5.41) is 6.80. The van der Waals surface area contributed by atoms with E-state index < -0.39 is 0 Å². The Hall–Kier alpha value is -1.35. The third kappa shape index (κ3) is 7.29. The van der Waals surface area contributed by atoms with Crippen LogP contribution in [0.1, 0.15) is 37.8 Å². The number of nitrogens with one attached hydrogen (secondary N) is 2. The summed E-state index contributed by atoms with van der Waals surface area (Å²) >= 11 is 0. The number of amides is 1. The van der Waals surface area contributed by atoms with Crippen LogP contribution in [0.5, 0.6) is 0 Å². The molecule has 27 heavy (non-hydrogen) atoms. The van der Waals surface area contributed by atoms with Gasteiger partial charge in [-0.3, -0.25) is 14.7 Å². The van der Waals surface area contributed by atoms with E-state index in [9.17, 15) is 4.79 Å². The minimum absolute atomic E-state index is 0. The van der Waals surface area contributed by atoms with Crippen molar-refractivity contribution < 1.29 is 4.79 Å². The fourth-order valence-electron chi connectivity index (χ4n) is 3.39. The Morgan fingerprint density at radius 1 is 1.33 bits per heavy atom. The molecule has 1 aromatic carbocycles. The van der Waals surface area contributed by atoms with Gasteiger partial charge in [0.2, 0.25) is 5.91 Å². The summed E-state index contributed by atoms with van der Waals surface area (Å²) in [6.07, 6.45) is 3.06. The number of rotatable bonds is 7. The Bertz CT molecular complexity index is 593. The molecule has 1 heterocycles. The zero-order chi connectivity index (χ0) is 18.9. The third-order valence-corrected chi connectivity index (χ3v) is 4.88. The molecule has 152 valence electrons. The van der Waals surface area contributed by atoms with Crippen molar-refractivity contribution in [2.45, 2.75) is 38.3 Å². The lowest BCUT2D eigenvalue weighted by molar-refractivity contribution is -0.133. The number of nitrogens with zero attached hydrogens (tertiary/aromatic N) is 3. The highest BCUT2D eigenvalue weighted by atomic mass is 127. The highest BCUT2D eigenvalue weighted by Crippen LogP contribution is 2.18. The maximum Gasteiger partial charge on any atom is 0.239 e. The van der Waals surface area contributed by atoms with E-state index in [4.69, 9.17) is 0 Å². The van der Waals surface area contributed by atoms with Gasteiger partial charge in [0.15, 0.2) is 5.96 Å². The molecule has 0 spiro atoms. The highest BCUT2D eigenvalue weighted by molar-refractivity contribution is 14.0. The number of guanidine groups is 1. The molecule has 1 fully saturated rings. The number of hydrogen-bond acceptors (Lipinski definition) is 3. The van der Waals surface area contributed by atoms with Crippen LogP contribution in [-0.2, 0) is 4.79 Å². The summed E-state index contributed by atoms with van der Waals surface area (Å²) in [5.41, 5.74) is 1.23. The third-order valence-electron chi connectivity index (χ3n) is 4.88. The van der Waals surface area contributed by atoms with Crippen molar-refractivity contribution in [2.24, 2.45) is 4.99 Å². The smallest absolute Gasteiger partial charge is 0.239 e. The first kappa shape index (κ1) is 23.7. The number of carbonyl (C=O) groups excluding carboxylic acids is 1. The number of carbonyl (C=O) groups is 1. The first-order valence-corrected chi connectivity index (χ1v) is 9.50. The maximum atomic E-state index is 12.2. The van der Waals surface area contributed by atoms with Gasteiger partial charge in [-0.2, -0.15) is 0 Å². The summed E-state index contributed by atoms with van der Waals surface area (Å²) in [4.78, 5) is 20.6. The Labute approximate surface area is 180 Å². The van der Waals surface area contributed by atoms with Crippen LogP contribution in [0, 0.1) is 0 Å². The molecule has 2 unspecified atom stereocenters. The Kier molecular flexibility index (Phi) is 10.7. The van der Waals surface area contributed by atoms with Crippen LogP contribution in [-0.4, -0.2) is 68.5 Å². The molecule has 6 nitrogen and oxygen atoms in total. The molecule has 0 radical (unpaired) electrons. The van der Waals surface area contributed by atoms with E-state index in [1.54, 1.807) is 11.9 Å². The van der Waals surface area contributed by atoms with Gasteiger partial charge < -0.3 is 15.5 Å². The van der Waals surface area contributed by atoms with E-state index >= 15 is 0 Å². The standard InChI is InChI=1S/C20H33N5O.HI/c1-16(17-10-6-5-7-11-17)23-20(21-2)22-13-9-15-25-14-8-12-18(25)19(26)24(3)4;/h5-7,10-11,16,18H,8-9,12-15H2,1-4H3,(H2,21,22,23);1H. The lowest BCUT2D eigenvalue weighted by Crippen LogP contribution is -2.44. The first-order valence-electron chi connectivity index (χ1n) is 9.50. The van der Waals surface area contributed by atoms with Gasteiger partial charge in [0, 0.05) is 34.2 Å². The van der Waals surface area contributed by atoms with E-state index in [0.717, 1.165) is 44.9 Å². The monoisotopic (exact) mass is 487 g/mol. The average Bonchev–Trinajstić information content (AvgIpc) is 3.12. The molecule has 1 amide bonds. The maximum absolute atomic E-state index is 12.2. The van der Waals surface area contributed by atoms with Crippen LogP contribution in [0.25, 0.3) is 0 Å². The zero-order valence-corrected chi connectivity index (χ0v) is 19.3. The molecule has 0 saturated carbocycles. The summed E-state index contributed by atoms with van der Waals surface area (Å²) < 4.78 is 0. The predicted octanol–water partition coefficient (Wildman–Crippen LogP) is 2.47. The molecule has 0 aliphatic carbocycles. The fourth-order valence-corrected chi connectivity index (χ4v) is 3.39. The van der Waals surface area contributed by atoms with E-state index in [1.807, 2.05) is 32.3 Å². The van der Waals surface area contributed by atoms with Crippen LogP contribution in [0.15, 0.2) is 35.3 Å². The molecule has 1 aromatic rings. The zero-order valence-electron chi connectivity index (χ0n) is 16.9. The molecule has 1 aliphatic rings. The summed E-state index contributed by atoms with van der Waals surface area (Å²) in [5.74, 6) is 1.04. The van der Waals surface area contributed by atoms with Gasteiger partial charge in [0.05, 0.1) is 12.1 Å².